The second kappa shape index (κ2) is 9.67. The minimum atomic E-state index is -3.81. The molecule has 2 aliphatic heterocycles. The maximum absolute atomic E-state index is 13.2. The molecule has 0 aromatic heterocycles. The molecule has 0 bridgehead atoms. The van der Waals surface area contributed by atoms with Gasteiger partial charge in [0.15, 0.2) is 9.84 Å². The number of rotatable bonds is 7. The van der Waals surface area contributed by atoms with Gasteiger partial charge < -0.3 is 4.90 Å². The zero-order valence-electron chi connectivity index (χ0n) is 17.7. The minimum Gasteiger partial charge on any atom is -0.338 e. The summed E-state index contributed by atoms with van der Waals surface area (Å²) < 4.78 is 51.2. The molecular weight excluding hydrogens is 438 g/mol. The van der Waals surface area contributed by atoms with Crippen LogP contribution in [0.3, 0.4) is 0 Å². The van der Waals surface area contributed by atoms with Gasteiger partial charge in [0.25, 0.3) is 0 Å². The van der Waals surface area contributed by atoms with Crippen LogP contribution in [0.4, 0.5) is 0 Å². The molecule has 2 saturated heterocycles. The molecule has 3 rings (SSSR count). The minimum absolute atomic E-state index is 0.0111. The Morgan fingerprint density at radius 3 is 2.48 bits per heavy atom. The zero-order chi connectivity index (χ0) is 22.6. The number of nitriles is 1. The van der Waals surface area contributed by atoms with E-state index in [1.807, 2.05) is 13.0 Å². The van der Waals surface area contributed by atoms with Crippen molar-refractivity contribution in [3.05, 3.63) is 29.8 Å². The molecule has 0 N–H and O–H groups in total. The highest BCUT2D eigenvalue weighted by molar-refractivity contribution is 7.91. The van der Waals surface area contributed by atoms with E-state index in [1.165, 1.54) is 16.4 Å². The van der Waals surface area contributed by atoms with Crippen molar-refractivity contribution < 1.29 is 21.6 Å². The number of carbonyl (C=O) groups excluding carboxylic acids is 1. The van der Waals surface area contributed by atoms with Crippen LogP contribution in [0.2, 0.25) is 0 Å². The van der Waals surface area contributed by atoms with Gasteiger partial charge >= 0.3 is 0 Å². The van der Waals surface area contributed by atoms with Crippen molar-refractivity contribution in [1.29, 1.82) is 5.26 Å². The molecule has 1 aromatic carbocycles. The molecule has 0 radical (unpaired) electrons. The van der Waals surface area contributed by atoms with Crippen molar-refractivity contribution in [2.24, 2.45) is 5.92 Å². The first kappa shape index (κ1) is 23.7. The molecule has 0 aliphatic carbocycles. The molecule has 2 aliphatic rings. The van der Waals surface area contributed by atoms with Crippen LogP contribution in [0.25, 0.3) is 0 Å². The van der Waals surface area contributed by atoms with Crippen LogP contribution in [0.5, 0.6) is 0 Å². The second-order valence-electron chi connectivity index (χ2n) is 8.23. The molecule has 1 unspecified atom stereocenters. The van der Waals surface area contributed by atoms with Crippen LogP contribution in [-0.4, -0.2) is 69.1 Å². The van der Waals surface area contributed by atoms with Gasteiger partial charge in [-0.15, -0.1) is 0 Å². The van der Waals surface area contributed by atoms with Gasteiger partial charge in [-0.2, -0.15) is 9.57 Å². The summed E-state index contributed by atoms with van der Waals surface area (Å²) in [4.78, 5) is 15.0. The van der Waals surface area contributed by atoms with Crippen molar-refractivity contribution in [1.82, 2.24) is 9.21 Å². The standard InChI is InChI=1S/C21H29N3O5S2/c1-2-3-11-24(19-10-14-30(26,27)16-19)21(25)17-8-12-23(13-9-17)31(28,29)20-7-5-4-6-18(20)15-22/h4-7,17,19H,2-3,8-14,16H2,1H3. The number of nitrogens with zero attached hydrogens (tertiary/aromatic N) is 3. The highest BCUT2D eigenvalue weighted by Crippen LogP contribution is 2.28. The molecule has 8 nitrogen and oxygen atoms in total. The average Bonchev–Trinajstić information content (AvgIpc) is 3.13. The van der Waals surface area contributed by atoms with Crippen molar-refractivity contribution in [3.63, 3.8) is 0 Å². The van der Waals surface area contributed by atoms with Crippen molar-refractivity contribution in [3.8, 4) is 6.07 Å². The quantitative estimate of drug-likeness (QED) is 0.604. The largest absolute Gasteiger partial charge is 0.338 e. The van der Waals surface area contributed by atoms with Crippen LogP contribution < -0.4 is 0 Å². The van der Waals surface area contributed by atoms with E-state index in [9.17, 15) is 26.9 Å². The summed E-state index contributed by atoms with van der Waals surface area (Å²) in [5.74, 6) is -0.258. The lowest BCUT2D eigenvalue weighted by atomic mass is 9.95. The van der Waals surface area contributed by atoms with E-state index >= 15 is 0 Å². The Morgan fingerprint density at radius 2 is 1.90 bits per heavy atom. The molecule has 1 amide bonds. The summed E-state index contributed by atoms with van der Waals surface area (Å²) in [6, 6.07) is 7.76. The van der Waals surface area contributed by atoms with Crippen LogP contribution in [0.15, 0.2) is 29.2 Å². The SMILES string of the molecule is CCCCN(C(=O)C1CCN(S(=O)(=O)c2ccccc2C#N)CC1)C1CCS(=O)(=O)C1. The number of hydrogen-bond acceptors (Lipinski definition) is 6. The van der Waals surface area contributed by atoms with Gasteiger partial charge in [-0.3, -0.25) is 4.79 Å². The van der Waals surface area contributed by atoms with Gasteiger partial charge in [-0.25, -0.2) is 16.8 Å². The molecule has 31 heavy (non-hydrogen) atoms. The second-order valence-corrected chi connectivity index (χ2v) is 12.4. The Hall–Kier alpha value is -1.96. The normalized spacial score (nSPS) is 22.1. The van der Waals surface area contributed by atoms with Crippen LogP contribution in [0.1, 0.15) is 44.6 Å². The first-order valence-electron chi connectivity index (χ1n) is 10.7. The number of hydrogen-bond donors (Lipinski definition) is 0. The van der Waals surface area contributed by atoms with Gasteiger partial charge in [0.1, 0.15) is 6.07 Å². The monoisotopic (exact) mass is 467 g/mol. The highest BCUT2D eigenvalue weighted by atomic mass is 32.2. The van der Waals surface area contributed by atoms with Gasteiger partial charge in [0.2, 0.25) is 15.9 Å². The van der Waals surface area contributed by atoms with Crippen LogP contribution in [0, 0.1) is 17.2 Å². The molecule has 10 heteroatoms. The van der Waals surface area contributed by atoms with Gasteiger partial charge in [-0.1, -0.05) is 25.5 Å². The van der Waals surface area contributed by atoms with Gasteiger partial charge in [-0.05, 0) is 37.8 Å². The van der Waals surface area contributed by atoms with Crippen LogP contribution >= 0.6 is 0 Å². The highest BCUT2D eigenvalue weighted by Gasteiger charge is 2.39. The first-order valence-corrected chi connectivity index (χ1v) is 14.0. The van der Waals surface area contributed by atoms with E-state index in [4.69, 9.17) is 0 Å². The summed E-state index contributed by atoms with van der Waals surface area (Å²) in [6.07, 6.45) is 2.94. The van der Waals surface area contributed by atoms with E-state index in [0.717, 1.165) is 12.8 Å². The Labute approximate surface area is 184 Å². The summed E-state index contributed by atoms with van der Waals surface area (Å²) in [6.45, 7) is 2.95. The molecular formula is C21H29N3O5S2. The predicted molar refractivity (Wildman–Crippen MR) is 116 cm³/mol. The molecule has 1 atom stereocenters. The lowest BCUT2D eigenvalue weighted by molar-refractivity contribution is -0.138. The third kappa shape index (κ3) is 5.27. The van der Waals surface area contributed by atoms with Gasteiger partial charge in [0.05, 0.1) is 22.0 Å². The third-order valence-electron chi connectivity index (χ3n) is 6.11. The molecule has 2 heterocycles. The van der Waals surface area contributed by atoms with Crippen molar-refractivity contribution in [2.75, 3.05) is 31.1 Å². The summed E-state index contributed by atoms with van der Waals surface area (Å²) >= 11 is 0. The number of sulfone groups is 1. The number of benzene rings is 1. The number of unbranched alkanes of at least 4 members (excludes halogenated alkanes) is 1. The Bertz CT molecular complexity index is 1050. The summed E-state index contributed by atoms with van der Waals surface area (Å²) in [7, 11) is -6.92. The topological polar surface area (TPSA) is 116 Å². The first-order chi connectivity index (χ1) is 14.7. The number of amides is 1. The van der Waals surface area contributed by atoms with E-state index in [0.29, 0.717) is 25.8 Å². The average molecular weight is 468 g/mol. The molecule has 1 aromatic rings. The van der Waals surface area contributed by atoms with E-state index in [-0.39, 0.29) is 52.9 Å². The third-order valence-corrected chi connectivity index (χ3v) is 9.82. The number of sulfonamides is 1. The zero-order valence-corrected chi connectivity index (χ0v) is 19.4. The fourth-order valence-electron chi connectivity index (χ4n) is 4.32. The Kier molecular flexibility index (Phi) is 7.39. The smallest absolute Gasteiger partial charge is 0.244 e. The molecule has 0 spiro atoms. The fourth-order valence-corrected chi connectivity index (χ4v) is 7.67. The van der Waals surface area contributed by atoms with E-state index in [1.54, 1.807) is 17.0 Å². The Balaban J connectivity index is 1.70. The predicted octanol–water partition coefficient (Wildman–Crippen LogP) is 1.77. The Morgan fingerprint density at radius 1 is 1.23 bits per heavy atom. The van der Waals surface area contributed by atoms with Crippen molar-refractivity contribution in [2.45, 2.75) is 50.0 Å². The van der Waals surface area contributed by atoms with Gasteiger partial charge in [0, 0.05) is 31.6 Å². The lowest BCUT2D eigenvalue weighted by Crippen LogP contribution is -2.48. The summed E-state index contributed by atoms with van der Waals surface area (Å²) in [5.41, 5.74) is 0.105. The number of carbonyl (C=O) groups is 1. The molecule has 170 valence electrons. The summed E-state index contributed by atoms with van der Waals surface area (Å²) in [5, 5.41) is 9.24. The molecule has 2 fully saturated rings. The number of piperidine rings is 1. The maximum Gasteiger partial charge on any atom is 0.244 e. The maximum atomic E-state index is 13.2. The van der Waals surface area contributed by atoms with E-state index in [2.05, 4.69) is 0 Å². The fraction of sp³-hybridized carbons (Fsp3) is 0.619. The van der Waals surface area contributed by atoms with E-state index < -0.39 is 19.9 Å². The lowest BCUT2D eigenvalue weighted by Gasteiger charge is -2.36. The van der Waals surface area contributed by atoms with Crippen molar-refractivity contribution >= 4 is 25.8 Å². The molecule has 0 saturated carbocycles. The van der Waals surface area contributed by atoms with Crippen LogP contribution in [-0.2, 0) is 24.7 Å².